The summed E-state index contributed by atoms with van der Waals surface area (Å²) in [6, 6.07) is 2.01. The number of anilines is 1. The Kier molecular flexibility index (Phi) is 3.52. The highest BCUT2D eigenvalue weighted by Crippen LogP contribution is 2.26. The minimum atomic E-state index is -0.448. The van der Waals surface area contributed by atoms with Gasteiger partial charge in [-0.2, -0.15) is 0 Å². The van der Waals surface area contributed by atoms with E-state index in [9.17, 15) is 4.79 Å². The number of carbonyl (C=O) groups excluding carboxylic acids is 1. The van der Waals surface area contributed by atoms with E-state index in [4.69, 9.17) is 5.73 Å². The van der Waals surface area contributed by atoms with E-state index in [2.05, 4.69) is 0 Å². The predicted molar refractivity (Wildman–Crippen MR) is 65.3 cm³/mol. The van der Waals surface area contributed by atoms with Crippen LogP contribution in [0.5, 0.6) is 0 Å². The van der Waals surface area contributed by atoms with E-state index < -0.39 is 5.54 Å². The number of amides is 1. The van der Waals surface area contributed by atoms with Crippen LogP contribution in [0.15, 0.2) is 11.4 Å². The molecule has 1 rings (SSSR count). The molecule has 0 radical (unpaired) electrons. The van der Waals surface area contributed by atoms with Crippen LogP contribution >= 0.6 is 11.3 Å². The van der Waals surface area contributed by atoms with Crippen LogP contribution < -0.4 is 10.6 Å². The van der Waals surface area contributed by atoms with E-state index in [1.807, 2.05) is 32.2 Å². The topological polar surface area (TPSA) is 46.3 Å². The Hall–Kier alpha value is -0.870. The van der Waals surface area contributed by atoms with E-state index in [1.54, 1.807) is 23.3 Å². The van der Waals surface area contributed by atoms with Crippen molar-refractivity contribution < 1.29 is 4.79 Å². The second-order valence-corrected chi connectivity index (χ2v) is 5.42. The van der Waals surface area contributed by atoms with Crippen LogP contribution in [0.1, 0.15) is 25.8 Å². The van der Waals surface area contributed by atoms with Gasteiger partial charge in [-0.05, 0) is 37.8 Å². The molecule has 84 valence electrons. The van der Waals surface area contributed by atoms with E-state index in [0.29, 0.717) is 6.42 Å². The van der Waals surface area contributed by atoms with Crippen molar-refractivity contribution in [1.82, 2.24) is 0 Å². The van der Waals surface area contributed by atoms with Crippen LogP contribution in [0, 0.1) is 6.92 Å². The largest absolute Gasteiger partial charge is 0.325 e. The Bertz CT molecular complexity index is 352. The standard InChI is InChI=1S/C11H18N2OS/c1-8-5-6-15-10(8)13(4)9(14)7-11(2,3)12/h5-6H,7,12H2,1-4H3. The Morgan fingerprint density at radius 1 is 1.60 bits per heavy atom. The van der Waals surface area contributed by atoms with Crippen molar-refractivity contribution in [1.29, 1.82) is 0 Å². The highest BCUT2D eigenvalue weighted by Gasteiger charge is 2.21. The summed E-state index contributed by atoms with van der Waals surface area (Å²) in [5.74, 6) is 0.0630. The minimum absolute atomic E-state index is 0.0630. The van der Waals surface area contributed by atoms with Gasteiger partial charge in [0.1, 0.15) is 5.00 Å². The lowest BCUT2D eigenvalue weighted by Gasteiger charge is -2.22. The first-order chi connectivity index (χ1) is 6.81. The maximum absolute atomic E-state index is 11.9. The SMILES string of the molecule is Cc1ccsc1N(C)C(=O)CC(C)(C)N. The third-order valence-electron chi connectivity index (χ3n) is 2.12. The molecule has 0 bridgehead atoms. The van der Waals surface area contributed by atoms with Crippen molar-refractivity contribution >= 4 is 22.2 Å². The summed E-state index contributed by atoms with van der Waals surface area (Å²) in [4.78, 5) is 13.6. The zero-order chi connectivity index (χ0) is 11.6. The second-order valence-electron chi connectivity index (χ2n) is 4.53. The fourth-order valence-corrected chi connectivity index (χ4v) is 2.24. The van der Waals surface area contributed by atoms with E-state index in [0.717, 1.165) is 10.6 Å². The summed E-state index contributed by atoms with van der Waals surface area (Å²) >= 11 is 1.58. The van der Waals surface area contributed by atoms with Crippen LogP contribution in [-0.2, 0) is 4.79 Å². The normalized spacial score (nSPS) is 11.5. The van der Waals surface area contributed by atoms with Gasteiger partial charge in [-0.1, -0.05) is 0 Å². The molecule has 0 spiro atoms. The fourth-order valence-electron chi connectivity index (χ4n) is 1.33. The molecule has 2 N–H and O–H groups in total. The second kappa shape index (κ2) is 4.33. The maximum Gasteiger partial charge on any atom is 0.229 e. The number of hydrogen-bond donors (Lipinski definition) is 1. The van der Waals surface area contributed by atoms with Crippen LogP contribution in [0.25, 0.3) is 0 Å². The minimum Gasteiger partial charge on any atom is -0.325 e. The number of rotatable bonds is 3. The first-order valence-electron chi connectivity index (χ1n) is 4.91. The monoisotopic (exact) mass is 226 g/mol. The Balaban J connectivity index is 2.74. The fraction of sp³-hybridized carbons (Fsp3) is 0.545. The molecule has 0 atom stereocenters. The summed E-state index contributed by atoms with van der Waals surface area (Å²) in [6.07, 6.45) is 0.362. The molecule has 1 heterocycles. The lowest BCUT2D eigenvalue weighted by atomic mass is 10.0. The molecule has 3 nitrogen and oxygen atoms in total. The van der Waals surface area contributed by atoms with Crippen molar-refractivity contribution in [2.45, 2.75) is 32.7 Å². The molecular weight excluding hydrogens is 208 g/mol. The van der Waals surface area contributed by atoms with Crippen molar-refractivity contribution in [2.75, 3.05) is 11.9 Å². The Labute approximate surface area is 94.9 Å². The molecule has 1 aromatic rings. The molecule has 0 saturated heterocycles. The Morgan fingerprint density at radius 3 is 2.60 bits per heavy atom. The quantitative estimate of drug-likeness (QED) is 0.858. The van der Waals surface area contributed by atoms with Crippen LogP contribution in [-0.4, -0.2) is 18.5 Å². The van der Waals surface area contributed by atoms with E-state index in [-0.39, 0.29) is 5.91 Å². The molecule has 0 aliphatic heterocycles. The molecule has 0 unspecified atom stereocenters. The van der Waals surface area contributed by atoms with Crippen LogP contribution in [0.4, 0.5) is 5.00 Å². The van der Waals surface area contributed by atoms with Gasteiger partial charge in [0.2, 0.25) is 5.91 Å². The number of hydrogen-bond acceptors (Lipinski definition) is 3. The molecular formula is C11H18N2OS. The van der Waals surface area contributed by atoms with Crippen molar-refractivity contribution in [3.63, 3.8) is 0 Å². The van der Waals surface area contributed by atoms with Crippen LogP contribution in [0.2, 0.25) is 0 Å². The van der Waals surface area contributed by atoms with Gasteiger partial charge < -0.3 is 10.6 Å². The molecule has 0 fully saturated rings. The van der Waals surface area contributed by atoms with Gasteiger partial charge in [0.25, 0.3) is 0 Å². The summed E-state index contributed by atoms with van der Waals surface area (Å²) in [5.41, 5.74) is 6.50. The van der Waals surface area contributed by atoms with Crippen molar-refractivity contribution in [3.05, 3.63) is 17.0 Å². The summed E-state index contributed by atoms with van der Waals surface area (Å²) < 4.78 is 0. The van der Waals surface area contributed by atoms with Gasteiger partial charge in [-0.15, -0.1) is 11.3 Å². The van der Waals surface area contributed by atoms with Gasteiger partial charge in [0, 0.05) is 19.0 Å². The summed E-state index contributed by atoms with van der Waals surface area (Å²) in [7, 11) is 1.80. The average molecular weight is 226 g/mol. The number of nitrogens with zero attached hydrogens (tertiary/aromatic N) is 1. The Morgan fingerprint density at radius 2 is 2.20 bits per heavy atom. The van der Waals surface area contributed by atoms with Gasteiger partial charge in [-0.3, -0.25) is 4.79 Å². The van der Waals surface area contributed by atoms with Gasteiger partial charge in [0.15, 0.2) is 0 Å². The predicted octanol–water partition coefficient (Wildman–Crippen LogP) is 2.15. The van der Waals surface area contributed by atoms with Crippen molar-refractivity contribution in [2.24, 2.45) is 5.73 Å². The molecule has 0 saturated carbocycles. The zero-order valence-electron chi connectivity index (χ0n) is 9.70. The average Bonchev–Trinajstić information content (AvgIpc) is 2.47. The number of aryl methyl sites for hydroxylation is 1. The van der Waals surface area contributed by atoms with Crippen LogP contribution in [0.3, 0.4) is 0 Å². The highest BCUT2D eigenvalue weighted by molar-refractivity contribution is 7.14. The first-order valence-corrected chi connectivity index (χ1v) is 5.79. The third-order valence-corrected chi connectivity index (χ3v) is 3.21. The number of carbonyl (C=O) groups is 1. The zero-order valence-corrected chi connectivity index (χ0v) is 10.5. The lowest BCUT2D eigenvalue weighted by molar-refractivity contribution is -0.119. The van der Waals surface area contributed by atoms with Gasteiger partial charge >= 0.3 is 0 Å². The van der Waals surface area contributed by atoms with Crippen molar-refractivity contribution in [3.8, 4) is 0 Å². The molecule has 0 aliphatic carbocycles. The molecule has 1 aromatic heterocycles. The van der Waals surface area contributed by atoms with E-state index >= 15 is 0 Å². The smallest absolute Gasteiger partial charge is 0.229 e. The summed E-state index contributed by atoms with van der Waals surface area (Å²) in [6.45, 7) is 5.73. The summed E-state index contributed by atoms with van der Waals surface area (Å²) in [5, 5.41) is 2.99. The number of nitrogens with two attached hydrogens (primary N) is 1. The van der Waals surface area contributed by atoms with Gasteiger partial charge in [-0.25, -0.2) is 0 Å². The third kappa shape index (κ3) is 3.32. The van der Waals surface area contributed by atoms with Gasteiger partial charge in [0.05, 0.1) is 0 Å². The maximum atomic E-state index is 11.9. The molecule has 1 amide bonds. The number of thiophene rings is 1. The molecule has 0 aliphatic rings. The van der Waals surface area contributed by atoms with E-state index in [1.165, 1.54) is 0 Å². The molecule has 15 heavy (non-hydrogen) atoms. The lowest BCUT2D eigenvalue weighted by Crippen LogP contribution is -2.39. The molecule has 4 heteroatoms. The first kappa shape index (κ1) is 12.2. The molecule has 0 aromatic carbocycles. The highest BCUT2D eigenvalue weighted by atomic mass is 32.1.